The van der Waals surface area contributed by atoms with Gasteiger partial charge >= 0.3 is 6.61 Å². The summed E-state index contributed by atoms with van der Waals surface area (Å²) in [5.74, 6) is 0.749. The van der Waals surface area contributed by atoms with E-state index in [1.54, 1.807) is 24.4 Å². The number of aromatic nitrogens is 1. The summed E-state index contributed by atoms with van der Waals surface area (Å²) in [7, 11) is 0. The summed E-state index contributed by atoms with van der Waals surface area (Å²) >= 11 is 13.8. The van der Waals surface area contributed by atoms with Gasteiger partial charge in [-0.05, 0) is 60.0 Å². The maximum atomic E-state index is 12.4. The van der Waals surface area contributed by atoms with Gasteiger partial charge in [-0.15, -0.1) is 0 Å². The van der Waals surface area contributed by atoms with E-state index in [9.17, 15) is 8.78 Å². The second-order valence-corrected chi connectivity index (χ2v) is 8.17. The van der Waals surface area contributed by atoms with Gasteiger partial charge in [-0.3, -0.25) is 0 Å². The predicted molar refractivity (Wildman–Crippen MR) is 122 cm³/mol. The van der Waals surface area contributed by atoms with Crippen LogP contribution in [-0.2, 0) is 6.61 Å². The van der Waals surface area contributed by atoms with Gasteiger partial charge in [-0.2, -0.15) is 8.78 Å². The van der Waals surface area contributed by atoms with Gasteiger partial charge in [0, 0.05) is 16.5 Å². The topological polar surface area (TPSA) is 46.3 Å². The molecule has 0 aliphatic carbocycles. The molecule has 0 aliphatic heterocycles. The zero-order valence-electron chi connectivity index (χ0n) is 15.9. The number of fused-ring (bicyclic) bond motifs is 1. The van der Waals surface area contributed by atoms with Gasteiger partial charge < -0.3 is 19.2 Å². The van der Waals surface area contributed by atoms with Gasteiger partial charge in [0.2, 0.25) is 0 Å². The number of rotatable bonds is 8. The van der Waals surface area contributed by atoms with Gasteiger partial charge in [-0.1, -0.05) is 41.4 Å². The molecule has 4 aromatic rings. The molecule has 4 nitrogen and oxygen atoms in total. The summed E-state index contributed by atoms with van der Waals surface area (Å²) in [6.45, 7) is -2.64. The number of ether oxygens (including phenoxy) is 2. The number of hydrogen-bond donors (Lipinski definition) is 2. The number of hydrogen-bond acceptors (Lipinski definition) is 4. The van der Waals surface area contributed by atoms with E-state index in [-0.39, 0.29) is 12.4 Å². The lowest BCUT2D eigenvalue weighted by atomic mass is 10.2. The van der Waals surface area contributed by atoms with Crippen molar-refractivity contribution in [2.75, 3.05) is 4.72 Å². The molecule has 0 spiro atoms. The summed E-state index contributed by atoms with van der Waals surface area (Å²) in [4.78, 5) is 4.05. The highest BCUT2D eigenvalue weighted by Gasteiger charge is 2.11. The maximum absolute atomic E-state index is 12.4. The minimum Gasteiger partial charge on any atom is -0.489 e. The summed E-state index contributed by atoms with van der Waals surface area (Å²) in [5.41, 5.74) is 2.39. The molecule has 9 heteroatoms. The van der Waals surface area contributed by atoms with Gasteiger partial charge in [0.1, 0.15) is 18.1 Å². The number of aromatic amines is 1. The molecule has 3 aromatic carbocycles. The van der Waals surface area contributed by atoms with Gasteiger partial charge in [0.15, 0.2) is 0 Å². The quantitative estimate of drug-likeness (QED) is 0.252. The fourth-order valence-electron chi connectivity index (χ4n) is 2.97. The van der Waals surface area contributed by atoms with Crippen LogP contribution in [0, 0.1) is 0 Å². The molecule has 160 valence electrons. The van der Waals surface area contributed by atoms with Crippen molar-refractivity contribution in [2.45, 2.75) is 18.1 Å². The lowest BCUT2D eigenvalue weighted by molar-refractivity contribution is -0.0499. The van der Waals surface area contributed by atoms with E-state index in [0.29, 0.717) is 15.8 Å². The van der Waals surface area contributed by atoms with Crippen LogP contribution in [0.5, 0.6) is 11.5 Å². The van der Waals surface area contributed by atoms with Crippen LogP contribution < -0.4 is 14.2 Å². The molecule has 0 bridgehead atoms. The van der Waals surface area contributed by atoms with Crippen LogP contribution in [0.15, 0.2) is 71.8 Å². The molecule has 0 atom stereocenters. The molecule has 0 saturated heterocycles. The molecule has 2 N–H and O–H groups in total. The van der Waals surface area contributed by atoms with E-state index in [1.165, 1.54) is 24.1 Å². The van der Waals surface area contributed by atoms with E-state index in [1.807, 2.05) is 30.3 Å². The Morgan fingerprint density at radius 2 is 1.77 bits per heavy atom. The van der Waals surface area contributed by atoms with Crippen molar-refractivity contribution in [3.8, 4) is 11.5 Å². The van der Waals surface area contributed by atoms with E-state index in [2.05, 4.69) is 14.4 Å². The summed E-state index contributed by atoms with van der Waals surface area (Å²) in [5, 5.41) is 1.91. The average molecular weight is 481 g/mol. The van der Waals surface area contributed by atoms with Crippen molar-refractivity contribution in [1.29, 1.82) is 0 Å². The predicted octanol–water partition coefficient (Wildman–Crippen LogP) is 7.77. The van der Waals surface area contributed by atoms with Gasteiger partial charge in [0.05, 0.1) is 21.2 Å². The van der Waals surface area contributed by atoms with Crippen molar-refractivity contribution in [3.05, 3.63) is 82.5 Å². The first kappa shape index (κ1) is 21.6. The molecule has 0 fully saturated rings. The Balaban J connectivity index is 1.41. The summed E-state index contributed by atoms with van der Waals surface area (Å²) < 4.78 is 38.3. The third-order valence-corrected chi connectivity index (χ3v) is 5.77. The number of halogens is 4. The Kier molecular flexibility index (Phi) is 6.75. The molecule has 0 unspecified atom stereocenters. The Morgan fingerprint density at radius 1 is 0.968 bits per heavy atom. The second kappa shape index (κ2) is 9.68. The van der Waals surface area contributed by atoms with E-state index in [0.717, 1.165) is 27.0 Å². The lowest BCUT2D eigenvalue weighted by Gasteiger charge is -2.11. The van der Waals surface area contributed by atoms with Crippen molar-refractivity contribution in [2.24, 2.45) is 0 Å². The maximum Gasteiger partial charge on any atom is 0.387 e. The number of benzene rings is 3. The van der Waals surface area contributed by atoms with Crippen LogP contribution >= 0.6 is 35.1 Å². The zero-order valence-corrected chi connectivity index (χ0v) is 18.2. The third kappa shape index (κ3) is 5.36. The summed E-state index contributed by atoms with van der Waals surface area (Å²) in [6, 6.07) is 17.6. The van der Waals surface area contributed by atoms with Crippen molar-refractivity contribution in [1.82, 2.24) is 4.98 Å². The third-order valence-electron chi connectivity index (χ3n) is 4.35. The standard InChI is InChI=1S/C22H16Cl2F2N2O2S/c23-17-7-8-19(21-20(17)18(24)11-27-21)28-31-16-6-2-4-14(10-16)29-12-13-3-1-5-15(9-13)30-22(25)26/h1-11,22,27-28H,12H2. The van der Waals surface area contributed by atoms with Gasteiger partial charge in [-0.25, -0.2) is 0 Å². The Hall–Kier alpha value is -2.61. The zero-order chi connectivity index (χ0) is 21.8. The fourth-order valence-corrected chi connectivity index (χ4v) is 4.25. The number of nitrogens with one attached hydrogen (secondary N) is 2. The van der Waals surface area contributed by atoms with Gasteiger partial charge in [0.25, 0.3) is 0 Å². The molecule has 31 heavy (non-hydrogen) atoms. The minimum atomic E-state index is -2.86. The van der Waals surface area contributed by atoms with Crippen LogP contribution in [-0.4, -0.2) is 11.6 Å². The molecular weight excluding hydrogens is 465 g/mol. The first-order chi connectivity index (χ1) is 15.0. The first-order valence-corrected chi connectivity index (χ1v) is 10.7. The minimum absolute atomic E-state index is 0.100. The van der Waals surface area contributed by atoms with Crippen LogP contribution in [0.4, 0.5) is 14.5 Å². The Bertz CT molecular complexity index is 1200. The fraction of sp³-hybridized carbons (Fsp3) is 0.0909. The largest absolute Gasteiger partial charge is 0.489 e. The monoisotopic (exact) mass is 480 g/mol. The molecule has 0 amide bonds. The molecule has 0 saturated carbocycles. The molecule has 0 radical (unpaired) electrons. The average Bonchev–Trinajstić information content (AvgIpc) is 3.15. The van der Waals surface area contributed by atoms with Crippen LogP contribution in [0.25, 0.3) is 10.9 Å². The number of alkyl halides is 2. The van der Waals surface area contributed by atoms with Crippen LogP contribution in [0.2, 0.25) is 10.0 Å². The molecule has 4 rings (SSSR count). The first-order valence-electron chi connectivity index (χ1n) is 9.14. The molecule has 1 aromatic heterocycles. The van der Waals surface area contributed by atoms with Crippen molar-refractivity contribution >= 4 is 51.7 Å². The second-order valence-electron chi connectivity index (χ2n) is 6.48. The van der Waals surface area contributed by atoms with Crippen LogP contribution in [0.1, 0.15) is 5.56 Å². The van der Waals surface area contributed by atoms with E-state index < -0.39 is 6.61 Å². The highest BCUT2D eigenvalue weighted by atomic mass is 35.5. The molecular formula is C22H16Cl2F2N2O2S. The Labute approximate surface area is 191 Å². The normalized spacial score (nSPS) is 11.1. The van der Waals surface area contributed by atoms with E-state index >= 15 is 0 Å². The van der Waals surface area contributed by atoms with Crippen LogP contribution in [0.3, 0.4) is 0 Å². The number of H-pyrrole nitrogens is 1. The van der Waals surface area contributed by atoms with Crippen molar-refractivity contribution in [3.63, 3.8) is 0 Å². The smallest absolute Gasteiger partial charge is 0.387 e. The highest BCUT2D eigenvalue weighted by Crippen LogP contribution is 2.36. The lowest BCUT2D eigenvalue weighted by Crippen LogP contribution is -2.03. The highest BCUT2D eigenvalue weighted by molar-refractivity contribution is 8.00. The molecule has 1 heterocycles. The van der Waals surface area contributed by atoms with E-state index in [4.69, 9.17) is 27.9 Å². The Morgan fingerprint density at radius 3 is 2.61 bits per heavy atom. The summed E-state index contributed by atoms with van der Waals surface area (Å²) in [6.07, 6.45) is 1.70. The SMILES string of the molecule is FC(F)Oc1cccc(COc2cccc(SNc3ccc(Cl)c4c(Cl)c[nH]c34)c2)c1. The van der Waals surface area contributed by atoms with Crippen molar-refractivity contribution < 1.29 is 18.3 Å². The number of anilines is 1. The molecule has 0 aliphatic rings.